The number of hydrogen-bond acceptors (Lipinski definition) is 0. The number of hydrogen-bond donors (Lipinski definition) is 1. The second kappa shape index (κ2) is 10.2. The van der Waals surface area contributed by atoms with E-state index in [-0.39, 0.29) is 0 Å². The van der Waals surface area contributed by atoms with Crippen molar-refractivity contribution in [2.24, 2.45) is 0 Å². The highest BCUT2D eigenvalue weighted by Crippen LogP contribution is 2.09. The van der Waals surface area contributed by atoms with Crippen LogP contribution in [-0.2, 0) is 0 Å². The van der Waals surface area contributed by atoms with Gasteiger partial charge in [0.2, 0.25) is 0 Å². The van der Waals surface area contributed by atoms with E-state index in [9.17, 15) is 0 Å². The summed E-state index contributed by atoms with van der Waals surface area (Å²) >= 11 is -2.69. The van der Waals surface area contributed by atoms with Gasteiger partial charge in [0.05, 0.1) is 21.1 Å². The molecule has 0 radical (unpaired) electrons. The fourth-order valence-electron chi connectivity index (χ4n) is 4.12. The van der Waals surface area contributed by atoms with Crippen molar-refractivity contribution in [3.8, 4) is 0 Å². The Labute approximate surface area is 178 Å². The van der Waals surface area contributed by atoms with Crippen molar-refractivity contribution >= 4 is 30.8 Å². The SMILES string of the molecule is C[NH+](C)C.c1cc[c]([Al-]([c]2ccccc2)([c]2ccccc2)[c]2ccccc2)cc1. The summed E-state index contributed by atoms with van der Waals surface area (Å²) in [6.45, 7) is 0. The van der Waals surface area contributed by atoms with Gasteiger partial charge in [-0.05, 0) is 0 Å². The molecule has 0 spiro atoms. The average Bonchev–Trinajstić information content (AvgIpc) is 2.77. The minimum Gasteiger partial charge on any atom is -0.342 e. The molecule has 0 saturated heterocycles. The lowest BCUT2D eigenvalue weighted by Crippen LogP contribution is -3.02. The Hall–Kier alpha value is -2.63. The molecule has 146 valence electrons. The van der Waals surface area contributed by atoms with Gasteiger partial charge in [0.15, 0.2) is 0 Å². The molecule has 4 aromatic carbocycles. The molecule has 29 heavy (non-hydrogen) atoms. The lowest BCUT2D eigenvalue weighted by atomic mass is 10.3. The van der Waals surface area contributed by atoms with Gasteiger partial charge < -0.3 is 4.90 Å². The molecule has 0 aromatic heterocycles. The van der Waals surface area contributed by atoms with Crippen LogP contribution in [0.1, 0.15) is 0 Å². The highest BCUT2D eigenvalue weighted by Gasteiger charge is 2.35. The maximum atomic E-state index is 2.30. The van der Waals surface area contributed by atoms with Gasteiger partial charge in [0.25, 0.3) is 13.1 Å². The summed E-state index contributed by atoms with van der Waals surface area (Å²) in [4.78, 5) is 1.42. The second-order valence-electron chi connectivity index (χ2n) is 8.01. The Morgan fingerprint density at radius 3 is 0.724 bits per heavy atom. The molecule has 0 heterocycles. The Balaban J connectivity index is 0.000000552. The highest BCUT2D eigenvalue weighted by molar-refractivity contribution is 7.19. The number of rotatable bonds is 4. The summed E-state index contributed by atoms with van der Waals surface area (Å²) in [5.41, 5.74) is 0. The minimum atomic E-state index is -2.69. The quantitative estimate of drug-likeness (QED) is 0.503. The fourth-order valence-corrected chi connectivity index (χ4v) is 9.63. The van der Waals surface area contributed by atoms with Gasteiger partial charge in [0.1, 0.15) is 0 Å². The first-order valence-corrected chi connectivity index (χ1v) is 12.6. The highest BCUT2D eigenvalue weighted by atomic mass is 27.2. The van der Waals surface area contributed by atoms with E-state index in [0.717, 1.165) is 0 Å². The van der Waals surface area contributed by atoms with Gasteiger partial charge in [-0.2, -0.15) is 0 Å². The van der Waals surface area contributed by atoms with Crippen molar-refractivity contribution in [2.75, 3.05) is 21.1 Å². The van der Waals surface area contributed by atoms with Gasteiger partial charge in [-0.15, -0.1) is 48.5 Å². The molecule has 1 nitrogen and oxygen atoms in total. The van der Waals surface area contributed by atoms with Gasteiger partial charge >= 0.3 is 0 Å². The molecule has 4 aromatic rings. The minimum absolute atomic E-state index is 1.42. The predicted molar refractivity (Wildman–Crippen MR) is 129 cm³/mol. The summed E-state index contributed by atoms with van der Waals surface area (Å²) in [7, 11) is 6.25. The van der Waals surface area contributed by atoms with Gasteiger partial charge in [0, 0.05) is 0 Å². The molecule has 1 N–H and O–H groups in total. The van der Waals surface area contributed by atoms with E-state index in [1.165, 1.54) is 22.6 Å². The molecular weight excluding hydrogens is 365 g/mol. The first-order valence-electron chi connectivity index (χ1n) is 10.3. The summed E-state index contributed by atoms with van der Waals surface area (Å²) in [5.74, 6) is 0. The van der Waals surface area contributed by atoms with Gasteiger partial charge in [-0.1, -0.05) is 72.8 Å². The Morgan fingerprint density at radius 1 is 0.379 bits per heavy atom. The second-order valence-corrected chi connectivity index (χ2v) is 12.4. The monoisotopic (exact) mass is 395 g/mol. The number of benzene rings is 4. The maximum Gasteiger partial charge on any atom is 0.266 e. The van der Waals surface area contributed by atoms with E-state index in [1.54, 1.807) is 0 Å². The van der Waals surface area contributed by atoms with E-state index >= 15 is 0 Å². The third kappa shape index (κ3) is 4.87. The largest absolute Gasteiger partial charge is 0.342 e. The van der Waals surface area contributed by atoms with Crippen molar-refractivity contribution < 1.29 is 4.90 Å². The molecular formula is C27H30AlN. The fraction of sp³-hybridized carbons (Fsp3) is 0.111. The van der Waals surface area contributed by atoms with E-state index in [0.29, 0.717) is 0 Å². The van der Waals surface area contributed by atoms with Crippen molar-refractivity contribution in [2.45, 2.75) is 0 Å². The van der Waals surface area contributed by atoms with Crippen molar-refractivity contribution in [1.82, 2.24) is 0 Å². The smallest absolute Gasteiger partial charge is 0.266 e. The molecule has 0 atom stereocenters. The summed E-state index contributed by atoms with van der Waals surface area (Å²) in [5, 5.41) is 0. The summed E-state index contributed by atoms with van der Waals surface area (Å²) < 4.78 is 5.77. The number of nitrogens with one attached hydrogen (secondary N) is 1. The molecule has 0 fully saturated rings. The molecule has 0 aliphatic heterocycles. The van der Waals surface area contributed by atoms with Crippen LogP contribution in [0.2, 0.25) is 0 Å². The van der Waals surface area contributed by atoms with Crippen LogP contribution in [0.15, 0.2) is 121 Å². The van der Waals surface area contributed by atoms with E-state index in [1.807, 2.05) is 0 Å². The van der Waals surface area contributed by atoms with Crippen LogP contribution in [0.4, 0.5) is 0 Å². The predicted octanol–water partition coefficient (Wildman–Crippen LogP) is 1.82. The molecule has 0 unspecified atom stereocenters. The molecule has 2 heteroatoms. The zero-order valence-corrected chi connectivity index (χ0v) is 18.8. The number of quaternary nitrogens is 1. The van der Waals surface area contributed by atoms with Gasteiger partial charge in [-0.3, -0.25) is 0 Å². The maximum absolute atomic E-state index is 2.69. The molecule has 0 aliphatic carbocycles. The molecule has 0 aliphatic rings. The lowest BCUT2D eigenvalue weighted by molar-refractivity contribution is -0.836. The van der Waals surface area contributed by atoms with E-state index < -0.39 is 13.1 Å². The van der Waals surface area contributed by atoms with Gasteiger partial charge in [-0.25, -0.2) is 17.7 Å². The first kappa shape index (κ1) is 21.1. The zero-order chi connectivity index (χ0) is 20.5. The Kier molecular flexibility index (Phi) is 7.44. The summed E-state index contributed by atoms with van der Waals surface area (Å²) in [6.07, 6.45) is 0. The van der Waals surface area contributed by atoms with Crippen LogP contribution >= 0.6 is 0 Å². The van der Waals surface area contributed by atoms with Crippen LogP contribution in [0, 0.1) is 0 Å². The molecule has 0 amide bonds. The summed E-state index contributed by atoms with van der Waals surface area (Å²) in [6, 6.07) is 44.2. The third-order valence-electron chi connectivity index (χ3n) is 5.20. The van der Waals surface area contributed by atoms with Crippen molar-refractivity contribution in [3.05, 3.63) is 121 Å². The van der Waals surface area contributed by atoms with Crippen LogP contribution in [0.25, 0.3) is 0 Å². The lowest BCUT2D eigenvalue weighted by Gasteiger charge is -2.40. The van der Waals surface area contributed by atoms with Crippen LogP contribution < -0.4 is 22.6 Å². The van der Waals surface area contributed by atoms with Crippen molar-refractivity contribution in [1.29, 1.82) is 0 Å². The molecule has 0 saturated carbocycles. The van der Waals surface area contributed by atoms with E-state index in [2.05, 4.69) is 142 Å². The molecule has 0 bridgehead atoms. The third-order valence-corrected chi connectivity index (χ3v) is 10.7. The van der Waals surface area contributed by atoms with Crippen molar-refractivity contribution in [3.63, 3.8) is 0 Å². The normalized spacial score (nSPS) is 10.9. The Morgan fingerprint density at radius 2 is 0.552 bits per heavy atom. The standard InChI is InChI=1S/4C6H5.C3H9N.Al/c4*1-2-4-6-5-3-1;1-4(2)3;/h4*1-5H;1-3H3;/q;;;;;-1/p+1. The molecule has 4 rings (SSSR count). The van der Waals surface area contributed by atoms with Crippen LogP contribution in [0.3, 0.4) is 0 Å². The van der Waals surface area contributed by atoms with Crippen LogP contribution in [-0.4, -0.2) is 34.2 Å². The zero-order valence-electron chi connectivity index (χ0n) is 17.6. The topological polar surface area (TPSA) is 4.44 Å². The first-order chi connectivity index (χ1) is 14.2. The Bertz CT molecular complexity index is 802. The van der Waals surface area contributed by atoms with Crippen LogP contribution in [0.5, 0.6) is 0 Å². The average molecular weight is 396 g/mol. The van der Waals surface area contributed by atoms with E-state index in [4.69, 9.17) is 0 Å².